The summed E-state index contributed by atoms with van der Waals surface area (Å²) in [5.41, 5.74) is 4.96. The van der Waals surface area contributed by atoms with Gasteiger partial charge in [-0.3, -0.25) is 4.79 Å². The number of benzene rings is 2. The van der Waals surface area contributed by atoms with Crippen LogP contribution in [0.2, 0.25) is 0 Å². The van der Waals surface area contributed by atoms with Crippen molar-refractivity contribution < 1.29 is 14.3 Å². The number of nitrogens with zero attached hydrogens (tertiary/aromatic N) is 2. The Morgan fingerprint density at radius 1 is 1.03 bits per heavy atom. The molecule has 0 aliphatic rings. The summed E-state index contributed by atoms with van der Waals surface area (Å²) in [5, 5.41) is 12.8. The number of carbonyl (C=O) groups excluding carboxylic acids is 1. The lowest BCUT2D eigenvalue weighted by Gasteiger charge is -2.11. The minimum atomic E-state index is -0.157. The first-order chi connectivity index (χ1) is 14.9. The van der Waals surface area contributed by atoms with Gasteiger partial charge in [0.05, 0.1) is 31.2 Å². The third-order valence-electron chi connectivity index (χ3n) is 4.79. The van der Waals surface area contributed by atoms with Crippen molar-refractivity contribution in [2.24, 2.45) is 0 Å². The van der Waals surface area contributed by atoms with Gasteiger partial charge < -0.3 is 14.8 Å². The molecule has 0 spiro atoms. The highest BCUT2D eigenvalue weighted by molar-refractivity contribution is 8.00. The van der Waals surface area contributed by atoms with Crippen molar-refractivity contribution in [2.45, 2.75) is 18.9 Å². The third-order valence-corrected chi connectivity index (χ3v) is 5.78. The molecule has 0 fully saturated rings. The summed E-state index contributed by atoms with van der Waals surface area (Å²) >= 11 is 1.23. The van der Waals surface area contributed by atoms with Gasteiger partial charge in [0.2, 0.25) is 5.91 Å². The lowest BCUT2D eigenvalue weighted by Crippen LogP contribution is -2.14. The summed E-state index contributed by atoms with van der Waals surface area (Å²) in [6.45, 7) is 4.03. The zero-order valence-electron chi connectivity index (χ0n) is 17.9. The second kappa shape index (κ2) is 10.0. The van der Waals surface area contributed by atoms with Crippen molar-refractivity contribution in [3.63, 3.8) is 0 Å². The molecular formula is C24H23N3O3S. The molecule has 0 unspecified atom stereocenters. The Morgan fingerprint density at radius 3 is 2.48 bits per heavy atom. The molecule has 0 saturated heterocycles. The molecule has 1 aromatic heterocycles. The summed E-state index contributed by atoms with van der Waals surface area (Å²) in [5.74, 6) is 1.20. The maximum Gasteiger partial charge on any atom is 0.234 e. The molecule has 1 amide bonds. The van der Waals surface area contributed by atoms with Crippen LogP contribution >= 0.6 is 11.8 Å². The normalized spacial score (nSPS) is 10.3. The molecule has 1 N–H and O–H groups in total. The number of aryl methyl sites for hydroxylation is 2. The van der Waals surface area contributed by atoms with E-state index in [0.29, 0.717) is 27.8 Å². The molecule has 1 heterocycles. The van der Waals surface area contributed by atoms with E-state index in [-0.39, 0.29) is 11.7 Å². The number of amides is 1. The average Bonchev–Trinajstić information content (AvgIpc) is 2.79. The summed E-state index contributed by atoms with van der Waals surface area (Å²) in [4.78, 5) is 17.0. The number of methoxy groups -OCH3 is 2. The number of rotatable bonds is 7. The Morgan fingerprint density at radius 2 is 1.81 bits per heavy atom. The van der Waals surface area contributed by atoms with Crippen LogP contribution in [-0.4, -0.2) is 30.9 Å². The number of thioether (sulfide) groups is 1. The highest BCUT2D eigenvalue weighted by Gasteiger charge is 2.13. The van der Waals surface area contributed by atoms with Gasteiger partial charge >= 0.3 is 0 Å². The fourth-order valence-electron chi connectivity index (χ4n) is 2.94. The van der Waals surface area contributed by atoms with Crippen LogP contribution in [0.4, 0.5) is 5.69 Å². The van der Waals surface area contributed by atoms with Crippen LogP contribution in [0.15, 0.2) is 53.6 Å². The van der Waals surface area contributed by atoms with Crippen molar-refractivity contribution in [3.8, 4) is 28.8 Å². The molecule has 0 aliphatic heterocycles. The van der Waals surface area contributed by atoms with Gasteiger partial charge in [-0.2, -0.15) is 5.26 Å². The first-order valence-electron chi connectivity index (χ1n) is 9.58. The van der Waals surface area contributed by atoms with Gasteiger partial charge in [-0.05, 0) is 67.4 Å². The van der Waals surface area contributed by atoms with Gasteiger partial charge in [0, 0.05) is 11.3 Å². The molecule has 6 nitrogen and oxygen atoms in total. The van der Waals surface area contributed by atoms with E-state index in [1.54, 1.807) is 32.4 Å². The second-order valence-electron chi connectivity index (χ2n) is 6.87. The van der Waals surface area contributed by atoms with Gasteiger partial charge in [0.1, 0.15) is 11.1 Å². The summed E-state index contributed by atoms with van der Waals surface area (Å²) in [6.07, 6.45) is 0. The molecule has 0 bridgehead atoms. The Balaban J connectivity index is 1.77. The highest BCUT2D eigenvalue weighted by Crippen LogP contribution is 2.33. The van der Waals surface area contributed by atoms with E-state index in [1.807, 2.05) is 44.2 Å². The van der Waals surface area contributed by atoms with Crippen LogP contribution in [0.3, 0.4) is 0 Å². The summed E-state index contributed by atoms with van der Waals surface area (Å²) < 4.78 is 10.6. The molecule has 7 heteroatoms. The zero-order chi connectivity index (χ0) is 22.4. The number of hydrogen-bond acceptors (Lipinski definition) is 6. The molecular weight excluding hydrogens is 410 g/mol. The number of hydrogen-bond donors (Lipinski definition) is 1. The van der Waals surface area contributed by atoms with E-state index >= 15 is 0 Å². The molecule has 158 valence electrons. The Labute approximate surface area is 186 Å². The highest BCUT2D eigenvalue weighted by atomic mass is 32.2. The van der Waals surface area contributed by atoms with Crippen LogP contribution in [-0.2, 0) is 4.79 Å². The summed E-state index contributed by atoms with van der Waals surface area (Å²) in [6, 6.07) is 16.9. The number of aromatic nitrogens is 1. The monoisotopic (exact) mass is 433 g/mol. The van der Waals surface area contributed by atoms with E-state index in [9.17, 15) is 10.1 Å². The van der Waals surface area contributed by atoms with Gasteiger partial charge in [0.15, 0.2) is 11.5 Å². The van der Waals surface area contributed by atoms with E-state index in [4.69, 9.17) is 9.47 Å². The number of pyridine rings is 1. The number of nitriles is 1. The van der Waals surface area contributed by atoms with Gasteiger partial charge in [-0.1, -0.05) is 17.8 Å². The smallest absolute Gasteiger partial charge is 0.234 e. The minimum absolute atomic E-state index is 0.143. The van der Waals surface area contributed by atoms with Gasteiger partial charge in [-0.15, -0.1) is 0 Å². The van der Waals surface area contributed by atoms with Crippen LogP contribution < -0.4 is 14.8 Å². The van der Waals surface area contributed by atoms with Crippen LogP contribution in [0.5, 0.6) is 11.5 Å². The van der Waals surface area contributed by atoms with Crippen LogP contribution in [0.25, 0.3) is 11.3 Å². The van der Waals surface area contributed by atoms with Crippen LogP contribution in [0.1, 0.15) is 16.7 Å². The Kier molecular flexibility index (Phi) is 7.16. The minimum Gasteiger partial charge on any atom is -0.493 e. The van der Waals surface area contributed by atoms with Gasteiger partial charge in [0.25, 0.3) is 0 Å². The lowest BCUT2D eigenvalue weighted by molar-refractivity contribution is -0.113. The van der Waals surface area contributed by atoms with E-state index in [1.165, 1.54) is 17.3 Å². The first-order valence-corrected chi connectivity index (χ1v) is 10.6. The number of carbonyl (C=O) groups is 1. The fraction of sp³-hybridized carbons (Fsp3) is 0.208. The zero-order valence-corrected chi connectivity index (χ0v) is 18.7. The largest absolute Gasteiger partial charge is 0.493 e. The molecule has 0 atom stereocenters. The molecule has 0 saturated carbocycles. The lowest BCUT2D eigenvalue weighted by atomic mass is 10.1. The predicted molar refractivity (Wildman–Crippen MR) is 123 cm³/mol. The average molecular weight is 434 g/mol. The molecule has 2 aromatic carbocycles. The number of nitrogens with one attached hydrogen (secondary N) is 1. The fourth-order valence-corrected chi connectivity index (χ4v) is 3.71. The summed E-state index contributed by atoms with van der Waals surface area (Å²) in [7, 11) is 3.15. The first kappa shape index (κ1) is 22.2. The van der Waals surface area contributed by atoms with Crippen molar-refractivity contribution in [1.29, 1.82) is 5.26 Å². The maximum atomic E-state index is 12.4. The van der Waals surface area contributed by atoms with E-state index < -0.39 is 0 Å². The van der Waals surface area contributed by atoms with Gasteiger partial charge in [-0.25, -0.2) is 4.98 Å². The number of anilines is 1. The topological polar surface area (TPSA) is 84.2 Å². The van der Waals surface area contributed by atoms with E-state index in [0.717, 1.165) is 16.8 Å². The Hall–Kier alpha value is -3.50. The van der Waals surface area contributed by atoms with Crippen LogP contribution in [0, 0.1) is 25.2 Å². The standard InChI is InChI=1S/C24H23N3O3S/c1-15-5-8-19(11-16(15)2)26-23(28)14-31-24-18(13-25)6-9-20(27-24)17-7-10-21(29-3)22(12-17)30-4/h5-12H,14H2,1-4H3,(H,26,28). The molecule has 3 aromatic rings. The predicted octanol–water partition coefficient (Wildman–Crippen LogP) is 4.99. The quantitative estimate of drug-likeness (QED) is 0.529. The van der Waals surface area contributed by atoms with Crippen molar-refractivity contribution in [1.82, 2.24) is 4.98 Å². The third kappa shape index (κ3) is 5.36. The van der Waals surface area contributed by atoms with Crippen molar-refractivity contribution >= 4 is 23.4 Å². The molecule has 0 radical (unpaired) electrons. The SMILES string of the molecule is COc1ccc(-c2ccc(C#N)c(SCC(=O)Nc3ccc(C)c(C)c3)n2)cc1OC. The number of ether oxygens (including phenoxy) is 2. The van der Waals surface area contributed by atoms with E-state index in [2.05, 4.69) is 16.4 Å². The maximum absolute atomic E-state index is 12.4. The Bertz CT molecular complexity index is 1160. The molecule has 31 heavy (non-hydrogen) atoms. The molecule has 0 aliphatic carbocycles. The van der Waals surface area contributed by atoms with Crippen molar-refractivity contribution in [2.75, 3.05) is 25.3 Å². The van der Waals surface area contributed by atoms with Crippen molar-refractivity contribution in [3.05, 3.63) is 65.2 Å². The second-order valence-corrected chi connectivity index (χ2v) is 7.83. The molecule has 3 rings (SSSR count).